The summed E-state index contributed by atoms with van der Waals surface area (Å²) in [6.07, 6.45) is 5.63. The van der Waals surface area contributed by atoms with Gasteiger partial charge in [0.05, 0.1) is 29.2 Å². The van der Waals surface area contributed by atoms with Crippen molar-refractivity contribution < 1.29 is 4.79 Å². The van der Waals surface area contributed by atoms with E-state index < -0.39 is 0 Å². The molecule has 134 valence electrons. The summed E-state index contributed by atoms with van der Waals surface area (Å²) in [7, 11) is 0. The van der Waals surface area contributed by atoms with E-state index in [1.165, 1.54) is 0 Å². The van der Waals surface area contributed by atoms with Crippen molar-refractivity contribution in [3.8, 4) is 11.4 Å². The van der Waals surface area contributed by atoms with Gasteiger partial charge in [-0.25, -0.2) is 4.98 Å². The molecule has 0 aromatic carbocycles. The zero-order chi connectivity index (χ0) is 18.1. The Balaban J connectivity index is 1.66. The van der Waals surface area contributed by atoms with Crippen molar-refractivity contribution in [3.05, 3.63) is 53.4 Å². The number of carbonyl (C=O) groups excluding carboxylic acids is 1. The minimum absolute atomic E-state index is 0.00211. The third-order valence-electron chi connectivity index (χ3n) is 4.87. The molecule has 3 aromatic heterocycles. The number of hydrogen-bond acceptors (Lipinski definition) is 4. The lowest BCUT2D eigenvalue weighted by Crippen LogP contribution is -2.42. The predicted octanol–water partition coefficient (Wildman–Crippen LogP) is 2.71. The first kappa shape index (κ1) is 17.0. The lowest BCUT2D eigenvalue weighted by atomic mass is 9.94. The van der Waals surface area contributed by atoms with Crippen LogP contribution in [0.3, 0.4) is 0 Å². The molecule has 3 aromatic rings. The fourth-order valence-corrected chi connectivity index (χ4v) is 3.70. The van der Waals surface area contributed by atoms with E-state index in [-0.39, 0.29) is 18.4 Å². The molecule has 2 N–H and O–H groups in total. The fourth-order valence-electron chi connectivity index (χ4n) is 3.54. The summed E-state index contributed by atoms with van der Waals surface area (Å²) in [5, 5.41) is 0.649. The molecule has 0 radical (unpaired) electrons. The molecule has 0 aliphatic carbocycles. The normalized spacial score (nSPS) is 17.6. The monoisotopic (exact) mass is 369 g/mol. The first-order chi connectivity index (χ1) is 12.7. The summed E-state index contributed by atoms with van der Waals surface area (Å²) in [4.78, 5) is 23.1. The van der Waals surface area contributed by atoms with Crippen LogP contribution in [0.4, 0.5) is 0 Å². The quantitative estimate of drug-likeness (QED) is 0.770. The highest BCUT2D eigenvalue weighted by Crippen LogP contribution is 2.28. The van der Waals surface area contributed by atoms with Gasteiger partial charge in [-0.2, -0.15) is 0 Å². The molecule has 1 fully saturated rings. The molecule has 6 nitrogen and oxygen atoms in total. The molecule has 1 saturated heterocycles. The van der Waals surface area contributed by atoms with Crippen LogP contribution in [-0.2, 0) is 4.79 Å². The number of piperidine rings is 1. The molecule has 1 aliphatic rings. The van der Waals surface area contributed by atoms with Crippen molar-refractivity contribution in [3.63, 3.8) is 0 Å². The van der Waals surface area contributed by atoms with E-state index in [0.29, 0.717) is 11.6 Å². The highest BCUT2D eigenvalue weighted by Gasteiger charge is 2.25. The number of nitrogens with two attached hydrogens (primary N) is 1. The summed E-state index contributed by atoms with van der Waals surface area (Å²) in [6.45, 7) is 1.51. The molecule has 4 heterocycles. The first-order valence-electron chi connectivity index (χ1n) is 8.73. The van der Waals surface area contributed by atoms with Crippen LogP contribution in [0.25, 0.3) is 17.0 Å². The van der Waals surface area contributed by atoms with E-state index in [2.05, 4.69) is 4.98 Å². The Morgan fingerprint density at radius 3 is 3.04 bits per heavy atom. The zero-order valence-electron chi connectivity index (χ0n) is 14.3. The highest BCUT2D eigenvalue weighted by molar-refractivity contribution is 6.30. The molecule has 0 spiro atoms. The van der Waals surface area contributed by atoms with E-state index in [1.54, 1.807) is 0 Å². The lowest BCUT2D eigenvalue weighted by molar-refractivity contribution is -0.130. The average Bonchev–Trinajstić information content (AvgIpc) is 3.10. The van der Waals surface area contributed by atoms with Crippen LogP contribution >= 0.6 is 11.6 Å². The van der Waals surface area contributed by atoms with Crippen LogP contribution in [0.1, 0.15) is 24.5 Å². The Labute approximate surface area is 156 Å². The van der Waals surface area contributed by atoms with Crippen molar-refractivity contribution in [1.82, 2.24) is 19.3 Å². The van der Waals surface area contributed by atoms with Gasteiger partial charge in [0.25, 0.3) is 0 Å². The molecule has 0 unspecified atom stereocenters. The Kier molecular flexibility index (Phi) is 4.61. The molecule has 0 saturated carbocycles. The van der Waals surface area contributed by atoms with Crippen molar-refractivity contribution in [2.75, 3.05) is 19.6 Å². The number of pyridine rings is 2. The van der Waals surface area contributed by atoms with Crippen molar-refractivity contribution in [2.45, 2.75) is 18.8 Å². The number of hydrogen-bond donors (Lipinski definition) is 1. The smallest absolute Gasteiger partial charge is 0.236 e. The molecule has 7 heteroatoms. The number of imidazole rings is 1. The summed E-state index contributed by atoms with van der Waals surface area (Å²) in [5.74, 6) is 0.226. The number of nitrogens with zero attached hydrogens (tertiary/aromatic N) is 4. The van der Waals surface area contributed by atoms with E-state index in [1.807, 2.05) is 52.0 Å². The third kappa shape index (κ3) is 3.18. The Morgan fingerprint density at radius 1 is 1.31 bits per heavy atom. The fraction of sp³-hybridized carbons (Fsp3) is 0.316. The van der Waals surface area contributed by atoms with E-state index >= 15 is 0 Å². The second-order valence-corrected chi connectivity index (χ2v) is 6.99. The zero-order valence-corrected chi connectivity index (χ0v) is 15.1. The third-order valence-corrected chi connectivity index (χ3v) is 5.09. The molecule has 26 heavy (non-hydrogen) atoms. The SMILES string of the molecule is NCC(=O)N1CCC[C@@H](c2cccc(-c3cnc4ccc(Cl)cn34)n2)C1. The average molecular weight is 370 g/mol. The number of fused-ring (bicyclic) bond motifs is 1. The van der Waals surface area contributed by atoms with Gasteiger partial charge in [-0.05, 0) is 37.1 Å². The Bertz CT molecular complexity index is 954. The second-order valence-electron chi connectivity index (χ2n) is 6.55. The number of halogens is 1. The summed E-state index contributed by atoms with van der Waals surface area (Å²) in [5.41, 5.74) is 9.08. The first-order valence-corrected chi connectivity index (χ1v) is 9.11. The molecular formula is C19H20ClN5O. The summed E-state index contributed by atoms with van der Waals surface area (Å²) < 4.78 is 1.94. The standard InChI is InChI=1S/C19H20ClN5O/c20-14-6-7-18-22-10-17(25(18)12-14)16-5-1-4-15(23-16)13-3-2-8-24(11-13)19(26)9-21/h1,4-7,10,12-13H,2-3,8-9,11,21H2/t13-/m1/s1. The van der Waals surface area contributed by atoms with Crippen LogP contribution in [0, 0.1) is 0 Å². The van der Waals surface area contributed by atoms with Gasteiger partial charge in [0.2, 0.25) is 5.91 Å². The second kappa shape index (κ2) is 7.05. The van der Waals surface area contributed by atoms with Gasteiger partial charge >= 0.3 is 0 Å². The minimum Gasteiger partial charge on any atom is -0.341 e. The highest BCUT2D eigenvalue weighted by atomic mass is 35.5. The number of likely N-dealkylation sites (tertiary alicyclic amines) is 1. The van der Waals surface area contributed by atoms with Crippen LogP contribution in [-0.4, -0.2) is 44.8 Å². The largest absolute Gasteiger partial charge is 0.341 e. The molecule has 1 aliphatic heterocycles. The van der Waals surface area contributed by atoms with Crippen molar-refractivity contribution >= 4 is 23.2 Å². The van der Waals surface area contributed by atoms with Crippen LogP contribution in [0.5, 0.6) is 0 Å². The number of aromatic nitrogens is 3. The maximum absolute atomic E-state index is 11.9. The topological polar surface area (TPSA) is 76.5 Å². The number of carbonyl (C=O) groups is 1. The molecular weight excluding hydrogens is 350 g/mol. The summed E-state index contributed by atoms with van der Waals surface area (Å²) in [6, 6.07) is 9.71. The van der Waals surface area contributed by atoms with Gasteiger partial charge in [0.15, 0.2) is 0 Å². The van der Waals surface area contributed by atoms with Gasteiger partial charge in [-0.3, -0.25) is 14.2 Å². The van der Waals surface area contributed by atoms with Crippen molar-refractivity contribution in [2.24, 2.45) is 5.73 Å². The van der Waals surface area contributed by atoms with Gasteiger partial charge in [0, 0.05) is 30.9 Å². The predicted molar refractivity (Wildman–Crippen MR) is 101 cm³/mol. The number of rotatable bonds is 3. The maximum atomic E-state index is 11.9. The maximum Gasteiger partial charge on any atom is 0.236 e. The molecule has 1 amide bonds. The number of amides is 1. The molecule has 0 bridgehead atoms. The van der Waals surface area contributed by atoms with E-state index in [4.69, 9.17) is 22.3 Å². The van der Waals surface area contributed by atoms with Gasteiger partial charge in [-0.1, -0.05) is 17.7 Å². The Hall–Kier alpha value is -2.44. The van der Waals surface area contributed by atoms with E-state index in [0.717, 1.165) is 42.1 Å². The van der Waals surface area contributed by atoms with Crippen LogP contribution < -0.4 is 5.73 Å². The van der Waals surface area contributed by atoms with Gasteiger partial charge in [-0.15, -0.1) is 0 Å². The Morgan fingerprint density at radius 2 is 2.19 bits per heavy atom. The van der Waals surface area contributed by atoms with Gasteiger partial charge < -0.3 is 10.6 Å². The van der Waals surface area contributed by atoms with Crippen LogP contribution in [0.2, 0.25) is 5.02 Å². The lowest BCUT2D eigenvalue weighted by Gasteiger charge is -2.32. The minimum atomic E-state index is 0.00211. The summed E-state index contributed by atoms with van der Waals surface area (Å²) >= 11 is 6.13. The van der Waals surface area contributed by atoms with Crippen molar-refractivity contribution in [1.29, 1.82) is 0 Å². The van der Waals surface area contributed by atoms with Crippen LogP contribution in [0.15, 0.2) is 42.7 Å². The van der Waals surface area contributed by atoms with Gasteiger partial charge in [0.1, 0.15) is 5.65 Å². The van der Waals surface area contributed by atoms with E-state index in [9.17, 15) is 4.79 Å². The molecule has 4 rings (SSSR count). The molecule has 1 atom stereocenters.